The SMILES string of the molecule is CC(=O)N[C@@H](CCCOP(=O)([O-])[O-])COP(=O)(O)O. The highest BCUT2D eigenvalue weighted by Crippen LogP contribution is 2.35. The van der Waals surface area contributed by atoms with E-state index in [2.05, 4.69) is 14.4 Å². The average molecular weight is 319 g/mol. The van der Waals surface area contributed by atoms with Gasteiger partial charge in [0.15, 0.2) is 0 Å². The number of carbonyl (C=O) groups excluding carboxylic acids is 1. The highest BCUT2D eigenvalue weighted by molar-refractivity contribution is 7.46. The van der Waals surface area contributed by atoms with Gasteiger partial charge in [0.2, 0.25) is 5.91 Å². The van der Waals surface area contributed by atoms with Gasteiger partial charge in [0.1, 0.15) is 0 Å². The lowest BCUT2D eigenvalue weighted by Gasteiger charge is -2.28. The van der Waals surface area contributed by atoms with Crippen LogP contribution in [0.5, 0.6) is 0 Å². The van der Waals surface area contributed by atoms with Crippen molar-refractivity contribution in [3.63, 3.8) is 0 Å². The smallest absolute Gasteiger partial charge is 0.469 e. The Hall–Kier alpha value is -0.310. The monoisotopic (exact) mass is 319 g/mol. The van der Waals surface area contributed by atoms with Gasteiger partial charge in [-0.05, 0) is 12.8 Å². The van der Waals surface area contributed by atoms with Crippen molar-refractivity contribution in [1.29, 1.82) is 0 Å². The lowest BCUT2D eigenvalue weighted by Crippen LogP contribution is -2.36. The van der Waals surface area contributed by atoms with E-state index < -0.39 is 34.2 Å². The molecule has 12 heteroatoms. The largest absolute Gasteiger partial charge is 0.790 e. The summed E-state index contributed by atoms with van der Waals surface area (Å²) < 4.78 is 28.9. The Labute approximate surface area is 109 Å². The number of phosphoric ester groups is 2. The topological polar surface area (TPSA) is 168 Å². The number of amides is 1. The van der Waals surface area contributed by atoms with Crippen LogP contribution in [0.15, 0.2) is 0 Å². The minimum atomic E-state index is -5.04. The number of nitrogens with one attached hydrogen (secondary N) is 1. The lowest BCUT2D eigenvalue weighted by molar-refractivity contribution is -0.341. The number of carbonyl (C=O) groups is 1. The molecule has 0 aliphatic carbocycles. The molecule has 3 N–H and O–H groups in total. The molecule has 0 radical (unpaired) electrons. The summed E-state index contributed by atoms with van der Waals surface area (Å²) in [5, 5.41) is 2.36. The molecule has 1 atom stereocenters. The summed E-state index contributed by atoms with van der Waals surface area (Å²) in [4.78, 5) is 48.2. The third-order valence-corrected chi connectivity index (χ3v) is 2.78. The van der Waals surface area contributed by atoms with E-state index in [1.54, 1.807) is 0 Å². The van der Waals surface area contributed by atoms with Gasteiger partial charge in [-0.3, -0.25) is 9.32 Å². The van der Waals surface area contributed by atoms with Gasteiger partial charge in [-0.25, -0.2) is 4.57 Å². The minimum Gasteiger partial charge on any atom is -0.790 e. The van der Waals surface area contributed by atoms with Gasteiger partial charge in [0, 0.05) is 6.92 Å². The van der Waals surface area contributed by atoms with Crippen LogP contribution in [0.25, 0.3) is 0 Å². The number of rotatable bonds is 9. The van der Waals surface area contributed by atoms with Crippen LogP contribution in [-0.2, 0) is 23.0 Å². The van der Waals surface area contributed by atoms with E-state index in [1.165, 1.54) is 6.92 Å². The van der Waals surface area contributed by atoms with Crippen LogP contribution in [0.2, 0.25) is 0 Å². The number of hydrogen-bond donors (Lipinski definition) is 3. The molecule has 1 amide bonds. The van der Waals surface area contributed by atoms with Crippen molar-refractivity contribution in [3.05, 3.63) is 0 Å². The Bertz CT molecular complexity index is 375. The van der Waals surface area contributed by atoms with Crippen molar-refractivity contribution in [1.82, 2.24) is 5.32 Å². The number of phosphoric acid groups is 2. The standard InChI is InChI=1S/C7H17NO9P2/c1-6(9)8-7(5-17-19(13,14)15)3-2-4-16-18(10,11)12/h7H,2-5H2,1H3,(H,8,9)(H2,10,11,12)(H2,13,14,15)/p-2/t7-/m0/s1. The molecule has 0 aliphatic rings. The van der Waals surface area contributed by atoms with Crippen molar-refractivity contribution < 1.29 is 42.5 Å². The third-order valence-electron chi connectivity index (χ3n) is 1.80. The van der Waals surface area contributed by atoms with Gasteiger partial charge in [-0.15, -0.1) is 0 Å². The maximum absolute atomic E-state index is 10.8. The zero-order valence-corrected chi connectivity index (χ0v) is 11.8. The normalized spacial score (nSPS) is 14.2. The van der Waals surface area contributed by atoms with E-state index >= 15 is 0 Å². The molecule has 0 saturated carbocycles. The molecular formula is C7H15NO9P2-2. The Kier molecular flexibility index (Phi) is 7.95. The van der Waals surface area contributed by atoms with Crippen LogP contribution < -0.4 is 15.1 Å². The molecule has 0 aliphatic heterocycles. The van der Waals surface area contributed by atoms with Gasteiger partial charge in [0.05, 0.1) is 27.1 Å². The zero-order valence-electron chi connectivity index (χ0n) is 10.1. The molecule has 0 heterocycles. The Morgan fingerprint density at radius 3 is 2.32 bits per heavy atom. The summed E-state index contributed by atoms with van der Waals surface area (Å²) in [5.74, 6) is -0.446. The highest BCUT2D eigenvalue weighted by Gasteiger charge is 2.18. The molecule has 0 saturated heterocycles. The van der Waals surface area contributed by atoms with Crippen LogP contribution in [0.3, 0.4) is 0 Å². The maximum Gasteiger partial charge on any atom is 0.469 e. The average Bonchev–Trinajstić information content (AvgIpc) is 2.17. The highest BCUT2D eigenvalue weighted by atomic mass is 31.2. The Morgan fingerprint density at radius 2 is 1.89 bits per heavy atom. The second-order valence-corrected chi connectivity index (χ2v) is 6.00. The first-order valence-electron chi connectivity index (χ1n) is 5.13. The molecule has 19 heavy (non-hydrogen) atoms. The van der Waals surface area contributed by atoms with Gasteiger partial charge in [-0.2, -0.15) is 0 Å². The van der Waals surface area contributed by atoms with Crippen LogP contribution in [0.1, 0.15) is 19.8 Å². The summed E-state index contributed by atoms with van der Waals surface area (Å²) >= 11 is 0. The first-order chi connectivity index (χ1) is 8.49. The quantitative estimate of drug-likeness (QED) is 0.328. The van der Waals surface area contributed by atoms with Crippen molar-refractivity contribution >= 4 is 21.6 Å². The molecule has 0 aromatic heterocycles. The molecule has 0 aromatic carbocycles. The molecule has 114 valence electrons. The summed E-state index contributed by atoms with van der Waals surface area (Å²) in [6.45, 7) is 0.372. The molecule has 0 unspecified atom stereocenters. The lowest BCUT2D eigenvalue weighted by atomic mass is 10.2. The number of hydrogen-bond acceptors (Lipinski definition) is 7. The van der Waals surface area contributed by atoms with Crippen LogP contribution in [0, 0.1) is 0 Å². The van der Waals surface area contributed by atoms with E-state index in [9.17, 15) is 23.7 Å². The Balaban J connectivity index is 4.10. The first kappa shape index (κ1) is 18.7. The second kappa shape index (κ2) is 8.08. The third kappa shape index (κ3) is 13.9. The molecule has 0 aromatic rings. The van der Waals surface area contributed by atoms with E-state index in [0.717, 1.165) is 0 Å². The predicted molar refractivity (Wildman–Crippen MR) is 58.4 cm³/mol. The minimum absolute atomic E-state index is 0.0872. The van der Waals surface area contributed by atoms with Crippen LogP contribution >= 0.6 is 15.6 Å². The first-order valence-corrected chi connectivity index (χ1v) is 8.12. The molecule has 0 fully saturated rings. The fourth-order valence-electron chi connectivity index (χ4n) is 1.18. The van der Waals surface area contributed by atoms with E-state index in [-0.39, 0.29) is 19.4 Å². The fourth-order valence-corrected chi connectivity index (χ4v) is 1.90. The van der Waals surface area contributed by atoms with Crippen molar-refractivity contribution in [2.45, 2.75) is 25.8 Å². The van der Waals surface area contributed by atoms with E-state index in [1.807, 2.05) is 0 Å². The second-order valence-electron chi connectivity index (χ2n) is 3.61. The molecule has 0 spiro atoms. The molecule has 0 rings (SSSR count). The van der Waals surface area contributed by atoms with Gasteiger partial charge in [0.25, 0.3) is 0 Å². The van der Waals surface area contributed by atoms with Gasteiger partial charge in [-0.1, -0.05) is 0 Å². The van der Waals surface area contributed by atoms with Gasteiger partial charge < -0.3 is 34.0 Å². The summed E-state index contributed by atoms with van der Waals surface area (Å²) in [6.07, 6.45) is 0.212. The molecule has 0 bridgehead atoms. The van der Waals surface area contributed by atoms with Gasteiger partial charge >= 0.3 is 7.82 Å². The van der Waals surface area contributed by atoms with Crippen LogP contribution in [-0.4, -0.2) is 34.9 Å². The van der Waals surface area contributed by atoms with Crippen molar-refractivity contribution in [3.8, 4) is 0 Å². The van der Waals surface area contributed by atoms with E-state index in [0.29, 0.717) is 0 Å². The van der Waals surface area contributed by atoms with Crippen LogP contribution in [0.4, 0.5) is 0 Å². The van der Waals surface area contributed by atoms with Crippen molar-refractivity contribution in [2.24, 2.45) is 0 Å². The summed E-state index contributed by atoms with van der Waals surface area (Å²) in [6, 6.07) is -0.730. The summed E-state index contributed by atoms with van der Waals surface area (Å²) in [5.41, 5.74) is 0. The predicted octanol–water partition coefficient (Wildman–Crippen LogP) is -1.77. The summed E-state index contributed by atoms with van der Waals surface area (Å²) in [7, 11) is -9.69. The fraction of sp³-hybridized carbons (Fsp3) is 0.857. The molecular weight excluding hydrogens is 304 g/mol. The van der Waals surface area contributed by atoms with E-state index in [4.69, 9.17) is 9.79 Å². The Morgan fingerprint density at radius 1 is 1.32 bits per heavy atom. The van der Waals surface area contributed by atoms with Crippen molar-refractivity contribution in [2.75, 3.05) is 13.2 Å². The molecule has 10 nitrogen and oxygen atoms in total. The maximum atomic E-state index is 10.8. The zero-order chi connectivity index (χ0) is 15.1.